The second-order valence-corrected chi connectivity index (χ2v) is 5.60. The minimum absolute atomic E-state index is 0. The van der Waals surface area contributed by atoms with E-state index in [4.69, 9.17) is 5.73 Å². The van der Waals surface area contributed by atoms with Crippen molar-refractivity contribution in [2.24, 2.45) is 11.7 Å². The van der Waals surface area contributed by atoms with Crippen LogP contribution in [0.15, 0.2) is 30.3 Å². The van der Waals surface area contributed by atoms with Gasteiger partial charge in [-0.25, -0.2) is 0 Å². The summed E-state index contributed by atoms with van der Waals surface area (Å²) in [6.07, 6.45) is 5.28. The van der Waals surface area contributed by atoms with Gasteiger partial charge in [-0.05, 0) is 24.3 Å². The number of hydrogen-bond donors (Lipinski definition) is 3. The van der Waals surface area contributed by atoms with E-state index in [1.807, 2.05) is 30.3 Å². The molecule has 0 aromatic heterocycles. The standard InChI is InChI=1S/C16H24N2O2.ClH/c17-15(13-9-5-2-6-10-13)16(20)18-11-14(19)12-7-3-1-4-8-12;/h2,5-6,9-10,12,14-15,19H,1,3-4,7-8,11,17H2,(H,18,20);1H. The zero-order valence-corrected chi connectivity index (χ0v) is 13.0. The van der Waals surface area contributed by atoms with Crippen LogP contribution in [0.25, 0.3) is 0 Å². The molecular weight excluding hydrogens is 288 g/mol. The maximum atomic E-state index is 12.0. The lowest BCUT2D eigenvalue weighted by Crippen LogP contribution is -2.41. The molecule has 1 aliphatic carbocycles. The molecule has 0 bridgehead atoms. The normalized spacial score (nSPS) is 18.4. The zero-order chi connectivity index (χ0) is 14.4. The Morgan fingerprint density at radius 2 is 1.86 bits per heavy atom. The minimum atomic E-state index is -0.672. The van der Waals surface area contributed by atoms with Gasteiger partial charge >= 0.3 is 0 Å². The van der Waals surface area contributed by atoms with E-state index in [9.17, 15) is 9.90 Å². The van der Waals surface area contributed by atoms with Crippen LogP contribution in [0.4, 0.5) is 0 Å². The smallest absolute Gasteiger partial charge is 0.241 e. The number of carbonyl (C=O) groups excluding carboxylic acids is 1. The fourth-order valence-corrected chi connectivity index (χ4v) is 2.81. The van der Waals surface area contributed by atoms with Crippen LogP contribution in [0, 0.1) is 5.92 Å². The third-order valence-electron chi connectivity index (χ3n) is 4.12. The molecule has 0 aliphatic heterocycles. The Kier molecular flexibility index (Phi) is 7.72. The molecule has 118 valence electrons. The van der Waals surface area contributed by atoms with Crippen molar-refractivity contribution < 1.29 is 9.90 Å². The van der Waals surface area contributed by atoms with Crippen LogP contribution in [0.5, 0.6) is 0 Å². The molecule has 0 radical (unpaired) electrons. The molecule has 1 aromatic rings. The van der Waals surface area contributed by atoms with Crippen LogP contribution < -0.4 is 11.1 Å². The number of halogens is 1. The Balaban J connectivity index is 0.00000220. The fraction of sp³-hybridized carbons (Fsp3) is 0.562. The lowest BCUT2D eigenvalue weighted by atomic mass is 9.85. The van der Waals surface area contributed by atoms with E-state index in [-0.39, 0.29) is 18.3 Å². The number of hydrogen-bond acceptors (Lipinski definition) is 3. The van der Waals surface area contributed by atoms with Crippen molar-refractivity contribution in [3.63, 3.8) is 0 Å². The number of aliphatic hydroxyl groups is 1. The second kappa shape index (κ2) is 9.03. The quantitative estimate of drug-likeness (QED) is 0.780. The minimum Gasteiger partial charge on any atom is -0.391 e. The van der Waals surface area contributed by atoms with Gasteiger partial charge in [0.1, 0.15) is 6.04 Å². The highest BCUT2D eigenvalue weighted by atomic mass is 35.5. The molecule has 4 N–H and O–H groups in total. The first-order chi connectivity index (χ1) is 9.68. The summed E-state index contributed by atoms with van der Waals surface area (Å²) in [7, 11) is 0. The largest absolute Gasteiger partial charge is 0.391 e. The lowest BCUT2D eigenvalue weighted by Gasteiger charge is -2.27. The van der Waals surface area contributed by atoms with Crippen molar-refractivity contribution in [2.45, 2.75) is 44.2 Å². The number of nitrogens with two attached hydrogens (primary N) is 1. The third kappa shape index (κ3) is 5.30. The predicted molar refractivity (Wildman–Crippen MR) is 86.2 cm³/mol. The predicted octanol–water partition coefficient (Wildman–Crippen LogP) is 2.17. The fourth-order valence-electron chi connectivity index (χ4n) is 2.81. The van der Waals surface area contributed by atoms with Crippen molar-refractivity contribution in [1.82, 2.24) is 5.32 Å². The molecular formula is C16H25ClN2O2. The Bertz CT molecular complexity index is 422. The van der Waals surface area contributed by atoms with Crippen LogP contribution in [0.3, 0.4) is 0 Å². The topological polar surface area (TPSA) is 75.4 Å². The zero-order valence-electron chi connectivity index (χ0n) is 12.2. The second-order valence-electron chi connectivity index (χ2n) is 5.60. The Morgan fingerprint density at radius 3 is 2.48 bits per heavy atom. The van der Waals surface area contributed by atoms with E-state index in [2.05, 4.69) is 5.32 Å². The molecule has 2 unspecified atom stereocenters. The van der Waals surface area contributed by atoms with Gasteiger partial charge in [-0.1, -0.05) is 49.6 Å². The molecule has 1 aliphatic rings. The van der Waals surface area contributed by atoms with E-state index < -0.39 is 12.1 Å². The summed E-state index contributed by atoms with van der Waals surface area (Å²) in [5.41, 5.74) is 6.70. The van der Waals surface area contributed by atoms with E-state index in [1.54, 1.807) is 0 Å². The van der Waals surface area contributed by atoms with Crippen molar-refractivity contribution in [1.29, 1.82) is 0 Å². The molecule has 0 spiro atoms. The molecule has 0 saturated heterocycles. The highest BCUT2D eigenvalue weighted by Crippen LogP contribution is 2.26. The number of aliphatic hydroxyl groups excluding tert-OH is 1. The summed E-state index contributed by atoms with van der Waals surface area (Å²) in [6.45, 7) is 0.296. The van der Waals surface area contributed by atoms with Crippen molar-refractivity contribution >= 4 is 18.3 Å². The summed E-state index contributed by atoms with van der Waals surface area (Å²) in [5, 5.41) is 12.9. The Labute approximate surface area is 132 Å². The molecule has 1 fully saturated rings. The average molecular weight is 313 g/mol. The van der Waals surface area contributed by atoms with Gasteiger partial charge in [0.25, 0.3) is 0 Å². The number of benzene rings is 1. The average Bonchev–Trinajstić information content (AvgIpc) is 2.53. The first kappa shape index (κ1) is 18.0. The monoisotopic (exact) mass is 312 g/mol. The molecule has 1 aromatic carbocycles. The molecule has 0 heterocycles. The molecule has 5 heteroatoms. The molecule has 2 atom stereocenters. The number of amides is 1. The van der Waals surface area contributed by atoms with E-state index in [0.29, 0.717) is 12.5 Å². The first-order valence-corrected chi connectivity index (χ1v) is 7.45. The molecule has 1 saturated carbocycles. The molecule has 21 heavy (non-hydrogen) atoms. The highest BCUT2D eigenvalue weighted by Gasteiger charge is 2.23. The van der Waals surface area contributed by atoms with E-state index >= 15 is 0 Å². The number of carbonyl (C=O) groups is 1. The SMILES string of the molecule is Cl.NC(C(=O)NCC(O)C1CCCCC1)c1ccccc1. The molecule has 1 amide bonds. The van der Waals surface area contributed by atoms with Crippen molar-refractivity contribution in [3.8, 4) is 0 Å². The molecule has 4 nitrogen and oxygen atoms in total. The summed E-state index contributed by atoms with van der Waals surface area (Å²) in [6, 6.07) is 8.61. The number of nitrogens with one attached hydrogen (secondary N) is 1. The first-order valence-electron chi connectivity index (χ1n) is 7.45. The van der Waals surface area contributed by atoms with E-state index in [1.165, 1.54) is 19.3 Å². The van der Waals surface area contributed by atoms with Crippen molar-refractivity contribution in [2.75, 3.05) is 6.54 Å². The lowest BCUT2D eigenvalue weighted by molar-refractivity contribution is -0.123. The van der Waals surface area contributed by atoms with Gasteiger partial charge in [0, 0.05) is 6.54 Å². The Morgan fingerprint density at radius 1 is 1.24 bits per heavy atom. The van der Waals surface area contributed by atoms with Crippen molar-refractivity contribution in [3.05, 3.63) is 35.9 Å². The Hall–Kier alpha value is -1.10. The van der Waals surface area contributed by atoms with Gasteiger partial charge in [-0.2, -0.15) is 0 Å². The molecule has 2 rings (SSSR count). The van der Waals surface area contributed by atoms with Crippen LogP contribution >= 0.6 is 12.4 Å². The van der Waals surface area contributed by atoms with Gasteiger partial charge in [0.2, 0.25) is 5.91 Å². The van der Waals surface area contributed by atoms with Crippen LogP contribution in [-0.2, 0) is 4.79 Å². The van der Waals surface area contributed by atoms with Crippen LogP contribution in [-0.4, -0.2) is 23.7 Å². The van der Waals surface area contributed by atoms with Crippen LogP contribution in [0.2, 0.25) is 0 Å². The van der Waals surface area contributed by atoms with Gasteiger partial charge in [0.05, 0.1) is 6.10 Å². The van der Waals surface area contributed by atoms with Gasteiger partial charge in [-0.15, -0.1) is 12.4 Å². The summed E-state index contributed by atoms with van der Waals surface area (Å²) < 4.78 is 0. The number of rotatable bonds is 5. The van der Waals surface area contributed by atoms with Crippen LogP contribution in [0.1, 0.15) is 43.7 Å². The summed E-state index contributed by atoms with van der Waals surface area (Å²) >= 11 is 0. The maximum absolute atomic E-state index is 12.0. The third-order valence-corrected chi connectivity index (χ3v) is 4.12. The maximum Gasteiger partial charge on any atom is 0.241 e. The van der Waals surface area contributed by atoms with Gasteiger partial charge in [-0.3, -0.25) is 4.79 Å². The highest BCUT2D eigenvalue weighted by molar-refractivity contribution is 5.85. The van der Waals surface area contributed by atoms with E-state index in [0.717, 1.165) is 18.4 Å². The summed E-state index contributed by atoms with van der Waals surface area (Å²) in [4.78, 5) is 12.0. The van der Waals surface area contributed by atoms with Gasteiger partial charge in [0.15, 0.2) is 0 Å². The van der Waals surface area contributed by atoms with Gasteiger partial charge < -0.3 is 16.2 Å². The summed E-state index contributed by atoms with van der Waals surface area (Å²) in [5.74, 6) is 0.0862.